The van der Waals surface area contributed by atoms with Crippen molar-refractivity contribution in [1.82, 2.24) is 14.0 Å². The highest BCUT2D eigenvalue weighted by molar-refractivity contribution is 5.76. The van der Waals surface area contributed by atoms with E-state index in [-0.39, 0.29) is 24.3 Å². The molecule has 29 heavy (non-hydrogen) atoms. The molecule has 1 aromatic rings. The largest absolute Gasteiger partial charge is 0.383 e. The van der Waals surface area contributed by atoms with Crippen LogP contribution in [0.15, 0.2) is 9.59 Å². The van der Waals surface area contributed by atoms with Gasteiger partial charge in [-0.25, -0.2) is 9.36 Å². The van der Waals surface area contributed by atoms with E-state index >= 15 is 0 Å². The number of carbonyl (C=O) groups excluding carboxylic acids is 1. The highest BCUT2D eigenvalue weighted by Gasteiger charge is 2.27. The number of nitrogens with two attached hydrogens (primary N) is 1. The molecular weight excluding hydrogens is 374 g/mol. The third-order valence-electron chi connectivity index (χ3n) is 5.92. The zero-order chi connectivity index (χ0) is 21.0. The number of piperidine rings is 1. The highest BCUT2D eigenvalue weighted by atomic mass is 16.5. The molecule has 9 heteroatoms. The summed E-state index contributed by atoms with van der Waals surface area (Å²) in [5.74, 6) is 0.00142. The Morgan fingerprint density at radius 2 is 1.86 bits per heavy atom. The highest BCUT2D eigenvalue weighted by Crippen LogP contribution is 2.20. The average molecular weight is 408 g/mol. The molecule has 1 aromatic heterocycles. The molecule has 0 aliphatic carbocycles. The van der Waals surface area contributed by atoms with Crippen LogP contribution in [0.25, 0.3) is 0 Å². The van der Waals surface area contributed by atoms with Crippen LogP contribution in [0.3, 0.4) is 0 Å². The van der Waals surface area contributed by atoms with E-state index in [1.54, 1.807) is 4.90 Å². The second kappa shape index (κ2) is 9.47. The molecule has 0 radical (unpaired) electrons. The molecule has 0 saturated carbocycles. The van der Waals surface area contributed by atoms with Gasteiger partial charge in [0.25, 0.3) is 5.56 Å². The molecule has 0 aromatic carbocycles. The lowest BCUT2D eigenvalue weighted by molar-refractivity contribution is -0.135. The number of amides is 1. The summed E-state index contributed by atoms with van der Waals surface area (Å²) >= 11 is 0. The monoisotopic (exact) mass is 407 g/mol. The maximum absolute atomic E-state index is 13.3. The number of anilines is 2. The Balaban J connectivity index is 2.01. The van der Waals surface area contributed by atoms with Crippen molar-refractivity contribution in [2.75, 3.05) is 43.5 Å². The molecule has 2 saturated heterocycles. The Morgan fingerprint density at radius 3 is 2.52 bits per heavy atom. The lowest BCUT2D eigenvalue weighted by atomic mass is 10.0. The Hall–Kier alpha value is -2.29. The van der Waals surface area contributed by atoms with Crippen molar-refractivity contribution in [2.24, 2.45) is 0 Å². The summed E-state index contributed by atoms with van der Waals surface area (Å²) in [6.07, 6.45) is 4.65. The van der Waals surface area contributed by atoms with Gasteiger partial charge in [0.05, 0.1) is 13.2 Å². The standard InChI is InChI=1S/C20H33N5O4/c1-3-4-8-24-18(21)17(22-10-12-29-13-11-22)19(27)25(20(24)28)14-16(26)23-9-6-5-7-15(23)2/h15H,3-14,21H2,1-2H3/t15-/m0/s1. The number of aromatic nitrogens is 2. The number of nitrogen functional groups attached to an aromatic ring is 1. The number of morpholine rings is 1. The van der Waals surface area contributed by atoms with Gasteiger partial charge in [-0.2, -0.15) is 0 Å². The van der Waals surface area contributed by atoms with E-state index in [4.69, 9.17) is 10.5 Å². The van der Waals surface area contributed by atoms with Crippen LogP contribution in [0.2, 0.25) is 0 Å². The molecule has 0 bridgehead atoms. The summed E-state index contributed by atoms with van der Waals surface area (Å²) < 4.78 is 7.90. The number of likely N-dealkylation sites (tertiary alicyclic amines) is 1. The summed E-state index contributed by atoms with van der Waals surface area (Å²) in [4.78, 5) is 42.9. The van der Waals surface area contributed by atoms with E-state index < -0.39 is 11.2 Å². The summed E-state index contributed by atoms with van der Waals surface area (Å²) in [5.41, 5.74) is 5.61. The minimum absolute atomic E-state index is 0.127. The van der Waals surface area contributed by atoms with Gasteiger partial charge in [-0.3, -0.25) is 14.2 Å². The fourth-order valence-corrected chi connectivity index (χ4v) is 4.15. The van der Waals surface area contributed by atoms with Crippen LogP contribution in [0, 0.1) is 0 Å². The Labute approximate surface area is 171 Å². The molecule has 2 aliphatic heterocycles. The molecule has 162 valence electrons. The fraction of sp³-hybridized carbons (Fsp3) is 0.750. The second-order valence-corrected chi connectivity index (χ2v) is 7.94. The number of ether oxygens (including phenoxy) is 1. The van der Waals surface area contributed by atoms with Gasteiger partial charge in [0, 0.05) is 32.2 Å². The molecule has 0 unspecified atom stereocenters. The molecule has 1 atom stereocenters. The van der Waals surface area contributed by atoms with Gasteiger partial charge in [0.2, 0.25) is 5.91 Å². The average Bonchev–Trinajstić information content (AvgIpc) is 2.72. The first-order valence-corrected chi connectivity index (χ1v) is 10.7. The lowest BCUT2D eigenvalue weighted by Crippen LogP contribution is -2.51. The van der Waals surface area contributed by atoms with Crippen molar-refractivity contribution < 1.29 is 9.53 Å². The molecule has 0 spiro atoms. The molecule has 2 N–H and O–H groups in total. The number of hydrogen-bond donors (Lipinski definition) is 1. The summed E-state index contributed by atoms with van der Waals surface area (Å²) in [6.45, 7) is 6.95. The van der Waals surface area contributed by atoms with Crippen LogP contribution in [-0.2, 0) is 22.6 Å². The van der Waals surface area contributed by atoms with Crippen LogP contribution in [0.1, 0.15) is 46.0 Å². The molecular formula is C20H33N5O4. The molecule has 9 nitrogen and oxygen atoms in total. The minimum Gasteiger partial charge on any atom is -0.383 e. The first kappa shape index (κ1) is 21.4. The fourth-order valence-electron chi connectivity index (χ4n) is 4.15. The third kappa shape index (κ3) is 4.49. The Kier molecular flexibility index (Phi) is 7.00. The zero-order valence-electron chi connectivity index (χ0n) is 17.6. The summed E-state index contributed by atoms with van der Waals surface area (Å²) in [7, 11) is 0. The maximum atomic E-state index is 13.3. The number of nitrogens with zero attached hydrogens (tertiary/aromatic N) is 4. The number of carbonyl (C=O) groups is 1. The van der Waals surface area contributed by atoms with Crippen molar-refractivity contribution in [1.29, 1.82) is 0 Å². The Bertz CT molecular complexity index is 840. The second-order valence-electron chi connectivity index (χ2n) is 7.94. The van der Waals surface area contributed by atoms with Crippen molar-refractivity contribution >= 4 is 17.4 Å². The molecule has 1 amide bonds. The van der Waals surface area contributed by atoms with Crippen LogP contribution in [0.4, 0.5) is 11.5 Å². The van der Waals surface area contributed by atoms with E-state index in [0.717, 1.165) is 36.7 Å². The third-order valence-corrected chi connectivity index (χ3v) is 5.92. The SMILES string of the molecule is CCCCn1c(N)c(N2CCOCC2)c(=O)n(CC(=O)N2CCCC[C@@H]2C)c1=O. The van der Waals surface area contributed by atoms with Crippen LogP contribution in [0.5, 0.6) is 0 Å². The number of hydrogen-bond acceptors (Lipinski definition) is 6. The predicted octanol–water partition coefficient (Wildman–Crippen LogP) is 0.630. The lowest BCUT2D eigenvalue weighted by Gasteiger charge is -2.34. The first-order chi connectivity index (χ1) is 14.0. The van der Waals surface area contributed by atoms with Gasteiger partial charge >= 0.3 is 5.69 Å². The van der Waals surface area contributed by atoms with E-state index in [0.29, 0.717) is 45.1 Å². The van der Waals surface area contributed by atoms with Crippen molar-refractivity contribution in [3.05, 3.63) is 20.8 Å². The Morgan fingerprint density at radius 1 is 1.14 bits per heavy atom. The molecule has 2 aliphatic rings. The smallest absolute Gasteiger partial charge is 0.333 e. The molecule has 3 rings (SSSR count). The minimum atomic E-state index is -0.504. The molecule has 3 heterocycles. The van der Waals surface area contributed by atoms with Crippen LogP contribution >= 0.6 is 0 Å². The first-order valence-electron chi connectivity index (χ1n) is 10.7. The van der Waals surface area contributed by atoms with Gasteiger partial charge < -0.3 is 20.3 Å². The normalized spacial score (nSPS) is 20.1. The van der Waals surface area contributed by atoms with Crippen molar-refractivity contribution in [3.8, 4) is 0 Å². The number of rotatable bonds is 6. The van der Waals surface area contributed by atoms with E-state index in [9.17, 15) is 14.4 Å². The van der Waals surface area contributed by atoms with Gasteiger partial charge in [-0.05, 0) is 32.6 Å². The van der Waals surface area contributed by atoms with E-state index in [1.807, 2.05) is 18.7 Å². The van der Waals surface area contributed by atoms with Gasteiger partial charge in [-0.15, -0.1) is 0 Å². The summed E-state index contributed by atoms with van der Waals surface area (Å²) in [6, 6.07) is 0.127. The summed E-state index contributed by atoms with van der Waals surface area (Å²) in [5, 5.41) is 0. The van der Waals surface area contributed by atoms with Crippen LogP contribution in [-0.4, -0.2) is 58.8 Å². The van der Waals surface area contributed by atoms with E-state index in [1.165, 1.54) is 4.57 Å². The zero-order valence-corrected chi connectivity index (χ0v) is 17.6. The van der Waals surface area contributed by atoms with Crippen molar-refractivity contribution in [2.45, 2.75) is 65.1 Å². The van der Waals surface area contributed by atoms with Crippen LogP contribution < -0.4 is 21.9 Å². The van der Waals surface area contributed by atoms with Gasteiger partial charge in [0.1, 0.15) is 18.1 Å². The van der Waals surface area contributed by atoms with Gasteiger partial charge in [0.15, 0.2) is 0 Å². The topological polar surface area (TPSA) is 103 Å². The number of unbranched alkanes of at least 4 members (excludes halogenated alkanes) is 1. The quantitative estimate of drug-likeness (QED) is 0.742. The van der Waals surface area contributed by atoms with E-state index in [2.05, 4.69) is 0 Å². The predicted molar refractivity (Wildman–Crippen MR) is 112 cm³/mol. The van der Waals surface area contributed by atoms with Crippen molar-refractivity contribution in [3.63, 3.8) is 0 Å². The maximum Gasteiger partial charge on any atom is 0.333 e. The molecule has 2 fully saturated rings. The van der Waals surface area contributed by atoms with Gasteiger partial charge in [-0.1, -0.05) is 13.3 Å².